The molecule has 0 spiro atoms. The van der Waals surface area contributed by atoms with Gasteiger partial charge in [0.05, 0.1) is 43.1 Å². The summed E-state index contributed by atoms with van der Waals surface area (Å²) in [5.74, 6) is -0.121. The number of carbonyl (C=O) groups excluding carboxylic acids is 1. The molecule has 32 heavy (non-hydrogen) atoms. The number of ether oxygens (including phenoxy) is 1. The molecule has 1 unspecified atom stereocenters. The lowest BCUT2D eigenvalue weighted by molar-refractivity contribution is -0.0160. The van der Waals surface area contributed by atoms with E-state index in [0.717, 1.165) is 36.9 Å². The Morgan fingerprint density at radius 2 is 1.88 bits per heavy atom. The number of aliphatic hydroxyl groups is 1. The number of nitrogens with zero attached hydrogens (tertiary/aromatic N) is 2. The van der Waals surface area contributed by atoms with Crippen molar-refractivity contribution in [2.75, 3.05) is 0 Å². The molecule has 166 valence electrons. The first kappa shape index (κ1) is 20.9. The Balaban J connectivity index is 1.14. The van der Waals surface area contributed by atoms with Crippen LogP contribution in [0, 0.1) is 5.92 Å². The summed E-state index contributed by atoms with van der Waals surface area (Å²) in [7, 11) is 0. The Bertz CT molecular complexity index is 1080. The van der Waals surface area contributed by atoms with E-state index in [1.165, 1.54) is 11.1 Å². The zero-order valence-electron chi connectivity index (χ0n) is 18.1. The number of carbonyl (C=O) groups is 1. The molecule has 3 N–H and O–H groups in total. The fourth-order valence-corrected chi connectivity index (χ4v) is 5.21. The van der Waals surface area contributed by atoms with Gasteiger partial charge in [-0.25, -0.2) is 4.98 Å². The second kappa shape index (κ2) is 8.88. The fourth-order valence-electron chi connectivity index (χ4n) is 5.21. The second-order valence-corrected chi connectivity index (χ2v) is 9.00. The van der Waals surface area contributed by atoms with Gasteiger partial charge in [-0.3, -0.25) is 4.79 Å². The summed E-state index contributed by atoms with van der Waals surface area (Å²) in [6.07, 6.45) is 8.23. The Labute approximate surface area is 188 Å². The van der Waals surface area contributed by atoms with E-state index < -0.39 is 5.91 Å². The molecule has 1 amide bonds. The normalized spacial score (nSPS) is 22.8. The fraction of sp³-hybridized carbons (Fsp3) is 0.385. The third kappa shape index (κ3) is 4.08. The minimum absolute atomic E-state index is 0.149. The van der Waals surface area contributed by atoms with Crippen molar-refractivity contribution in [1.29, 1.82) is 0 Å². The molecular weight excluding hydrogens is 402 g/mol. The summed E-state index contributed by atoms with van der Waals surface area (Å²) < 4.78 is 8.30. The van der Waals surface area contributed by atoms with Crippen LogP contribution in [-0.2, 0) is 11.3 Å². The molecule has 6 nitrogen and oxygen atoms in total. The molecule has 1 fully saturated rings. The minimum atomic E-state index is -0.417. The predicted molar refractivity (Wildman–Crippen MR) is 122 cm³/mol. The highest BCUT2D eigenvalue weighted by Crippen LogP contribution is 2.42. The van der Waals surface area contributed by atoms with Crippen molar-refractivity contribution < 1.29 is 14.6 Å². The molecule has 2 heterocycles. The number of primary amides is 1. The molecule has 5 rings (SSSR count). The van der Waals surface area contributed by atoms with Crippen molar-refractivity contribution in [3.05, 3.63) is 77.7 Å². The number of hydrogen-bond donors (Lipinski definition) is 2. The zero-order valence-corrected chi connectivity index (χ0v) is 18.1. The number of aromatic nitrogens is 2. The van der Waals surface area contributed by atoms with Crippen molar-refractivity contribution >= 4 is 5.91 Å². The van der Waals surface area contributed by atoms with E-state index in [4.69, 9.17) is 10.5 Å². The lowest BCUT2D eigenvalue weighted by Crippen LogP contribution is -2.30. The smallest absolute Gasteiger partial charge is 0.248 e. The van der Waals surface area contributed by atoms with E-state index in [1.807, 2.05) is 24.7 Å². The molecule has 3 aromatic rings. The van der Waals surface area contributed by atoms with Gasteiger partial charge in [0, 0.05) is 11.1 Å². The molecule has 0 radical (unpaired) electrons. The summed E-state index contributed by atoms with van der Waals surface area (Å²) in [5.41, 5.74) is 10.5. The molecule has 6 heteroatoms. The van der Waals surface area contributed by atoms with Crippen LogP contribution >= 0.6 is 0 Å². The van der Waals surface area contributed by atoms with E-state index in [0.29, 0.717) is 24.5 Å². The maximum absolute atomic E-state index is 11.2. The Hall–Kier alpha value is -2.96. The van der Waals surface area contributed by atoms with Crippen molar-refractivity contribution in [2.45, 2.75) is 57.0 Å². The highest BCUT2D eigenvalue weighted by molar-refractivity contribution is 5.92. The average Bonchev–Trinajstić information content (AvgIpc) is 3.41. The maximum atomic E-state index is 11.2. The van der Waals surface area contributed by atoms with Gasteiger partial charge in [-0.1, -0.05) is 36.4 Å². The first-order valence-electron chi connectivity index (χ1n) is 11.4. The average molecular weight is 432 g/mol. The van der Waals surface area contributed by atoms with Crippen LogP contribution in [0.5, 0.6) is 0 Å². The van der Waals surface area contributed by atoms with Gasteiger partial charge in [0.25, 0.3) is 0 Å². The predicted octanol–water partition coefficient (Wildman–Crippen LogP) is 4.08. The van der Waals surface area contributed by atoms with Crippen molar-refractivity contribution in [1.82, 2.24) is 9.55 Å². The molecule has 1 aliphatic carbocycles. The number of fused-ring (bicyclic) bond motifs is 3. The summed E-state index contributed by atoms with van der Waals surface area (Å²) in [6, 6.07) is 15.8. The summed E-state index contributed by atoms with van der Waals surface area (Å²) in [5, 5.41) is 11.1. The third-order valence-corrected chi connectivity index (χ3v) is 7.05. The molecule has 1 saturated carbocycles. The van der Waals surface area contributed by atoms with Gasteiger partial charge in [0.15, 0.2) is 0 Å². The summed E-state index contributed by atoms with van der Waals surface area (Å²) in [6.45, 7) is 0.527. The number of aliphatic hydroxyl groups excluding tert-OH is 1. The monoisotopic (exact) mass is 431 g/mol. The number of rotatable bonds is 7. The minimum Gasteiger partial charge on any atom is -0.393 e. The van der Waals surface area contributed by atoms with Crippen LogP contribution in [0.1, 0.15) is 59.6 Å². The van der Waals surface area contributed by atoms with E-state index in [1.54, 1.807) is 12.1 Å². The summed E-state index contributed by atoms with van der Waals surface area (Å²) >= 11 is 0. The largest absolute Gasteiger partial charge is 0.393 e. The topological polar surface area (TPSA) is 90.4 Å². The van der Waals surface area contributed by atoms with Gasteiger partial charge in [-0.2, -0.15) is 0 Å². The SMILES string of the molecule is NC(=O)c1ccc(COC2CCC([C@H](O)CC3c4ccccc4-c4cncn43)CC2)cc1. The highest BCUT2D eigenvalue weighted by atomic mass is 16.5. The van der Waals surface area contributed by atoms with Crippen molar-refractivity contribution in [3.63, 3.8) is 0 Å². The van der Waals surface area contributed by atoms with E-state index >= 15 is 0 Å². The molecular formula is C26H29N3O3. The van der Waals surface area contributed by atoms with Crippen LogP contribution in [0.2, 0.25) is 0 Å². The number of amides is 1. The van der Waals surface area contributed by atoms with Gasteiger partial charge >= 0.3 is 0 Å². The first-order valence-corrected chi connectivity index (χ1v) is 11.4. The van der Waals surface area contributed by atoms with Gasteiger partial charge in [0.1, 0.15) is 0 Å². The van der Waals surface area contributed by atoms with Gasteiger partial charge in [0.2, 0.25) is 5.91 Å². The molecule has 2 aromatic carbocycles. The lowest BCUT2D eigenvalue weighted by Gasteiger charge is -2.32. The van der Waals surface area contributed by atoms with E-state index in [2.05, 4.69) is 33.8 Å². The van der Waals surface area contributed by atoms with Crippen LogP contribution in [0.4, 0.5) is 0 Å². The molecule has 2 atom stereocenters. The van der Waals surface area contributed by atoms with Crippen LogP contribution in [0.3, 0.4) is 0 Å². The molecule has 2 aliphatic rings. The van der Waals surface area contributed by atoms with E-state index in [-0.39, 0.29) is 18.2 Å². The van der Waals surface area contributed by atoms with Gasteiger partial charge in [-0.15, -0.1) is 0 Å². The molecule has 0 bridgehead atoms. The highest BCUT2D eigenvalue weighted by Gasteiger charge is 2.33. The maximum Gasteiger partial charge on any atom is 0.248 e. The zero-order chi connectivity index (χ0) is 22.1. The summed E-state index contributed by atoms with van der Waals surface area (Å²) in [4.78, 5) is 15.5. The lowest BCUT2D eigenvalue weighted by atomic mass is 9.81. The Kier molecular flexibility index (Phi) is 5.81. The van der Waals surface area contributed by atoms with Crippen molar-refractivity contribution in [3.8, 4) is 11.3 Å². The molecule has 1 aliphatic heterocycles. The van der Waals surface area contributed by atoms with Crippen LogP contribution in [0.25, 0.3) is 11.3 Å². The van der Waals surface area contributed by atoms with E-state index in [9.17, 15) is 9.90 Å². The number of nitrogens with two attached hydrogens (primary N) is 1. The quantitative estimate of drug-likeness (QED) is 0.590. The number of hydrogen-bond acceptors (Lipinski definition) is 4. The number of benzene rings is 2. The second-order valence-electron chi connectivity index (χ2n) is 9.00. The standard InChI is InChI=1S/C26H29N3O3/c27-26(31)19-7-5-17(6-8-19)15-32-20-11-9-18(10-12-20)25(30)13-23-21-3-1-2-4-22(21)24-14-28-16-29(23)24/h1-8,14,16,18,20,23,25,30H,9-13,15H2,(H2,27,31)/t18?,20?,23?,25-/m1/s1. The van der Waals surface area contributed by atoms with Gasteiger partial charge < -0.3 is 20.1 Å². The van der Waals surface area contributed by atoms with Crippen LogP contribution in [-0.4, -0.2) is 32.8 Å². The van der Waals surface area contributed by atoms with Crippen LogP contribution < -0.4 is 5.73 Å². The first-order chi connectivity index (χ1) is 15.6. The molecule has 1 aromatic heterocycles. The molecule has 0 saturated heterocycles. The Morgan fingerprint density at radius 1 is 1.12 bits per heavy atom. The third-order valence-electron chi connectivity index (χ3n) is 7.05. The van der Waals surface area contributed by atoms with Gasteiger partial charge in [-0.05, 0) is 61.3 Å². The number of imidazole rings is 1. The van der Waals surface area contributed by atoms with Crippen LogP contribution in [0.15, 0.2) is 61.1 Å². The Morgan fingerprint density at radius 3 is 2.62 bits per heavy atom. The van der Waals surface area contributed by atoms with Crippen molar-refractivity contribution in [2.24, 2.45) is 11.7 Å².